The van der Waals surface area contributed by atoms with Crippen molar-refractivity contribution in [2.45, 2.75) is 0 Å². The monoisotopic (exact) mass is 204 g/mol. The Balaban J connectivity index is 2.29. The van der Waals surface area contributed by atoms with Crippen molar-refractivity contribution in [3.63, 3.8) is 0 Å². The highest BCUT2D eigenvalue weighted by atomic mass is 16.5. The van der Waals surface area contributed by atoms with Gasteiger partial charge in [-0.05, 0) is 24.3 Å². The van der Waals surface area contributed by atoms with Crippen LogP contribution in [-0.4, -0.2) is 23.3 Å². The Labute approximate surface area is 85.7 Å². The van der Waals surface area contributed by atoms with Crippen molar-refractivity contribution >= 4 is 5.97 Å². The third-order valence-corrected chi connectivity index (χ3v) is 1.83. The summed E-state index contributed by atoms with van der Waals surface area (Å²) in [5, 5.41) is 7.57. The summed E-state index contributed by atoms with van der Waals surface area (Å²) < 4.78 is 9.63. The second-order valence-electron chi connectivity index (χ2n) is 2.77. The zero-order valence-electron chi connectivity index (χ0n) is 8.01. The van der Waals surface area contributed by atoms with E-state index >= 15 is 0 Å². The minimum atomic E-state index is -0.506. The molecule has 0 saturated carbocycles. The molecule has 0 spiro atoms. The first-order valence-corrected chi connectivity index (χ1v) is 4.27. The number of aromatic nitrogens is 2. The summed E-state index contributed by atoms with van der Waals surface area (Å²) in [6.07, 6.45) is 1.55. The Kier molecular flexibility index (Phi) is 2.45. The Morgan fingerprint density at radius 2 is 2.20 bits per heavy atom. The summed E-state index contributed by atoms with van der Waals surface area (Å²) in [4.78, 5) is 11.1. The van der Waals surface area contributed by atoms with Gasteiger partial charge in [-0.25, -0.2) is 4.79 Å². The van der Waals surface area contributed by atoms with Gasteiger partial charge in [0, 0.05) is 0 Å². The number of methoxy groups -OCH3 is 1. The quantitative estimate of drug-likeness (QED) is 0.694. The zero-order valence-corrected chi connectivity index (χ0v) is 8.01. The van der Waals surface area contributed by atoms with Crippen molar-refractivity contribution in [1.29, 1.82) is 0 Å². The van der Waals surface area contributed by atoms with E-state index in [-0.39, 0.29) is 5.69 Å². The van der Waals surface area contributed by atoms with Gasteiger partial charge in [0.15, 0.2) is 11.5 Å². The molecule has 0 N–H and O–H groups in total. The smallest absolute Gasteiger partial charge is 0.358 e. The van der Waals surface area contributed by atoms with Crippen LogP contribution >= 0.6 is 0 Å². The van der Waals surface area contributed by atoms with E-state index in [0.717, 1.165) is 0 Å². The number of esters is 1. The van der Waals surface area contributed by atoms with Crippen LogP contribution in [0.3, 0.4) is 0 Å². The fraction of sp³-hybridized carbons (Fsp3) is 0.100. The molecule has 0 aliphatic heterocycles. The van der Waals surface area contributed by atoms with Gasteiger partial charge in [-0.2, -0.15) is 0 Å². The number of carbonyl (C=O) groups excluding carboxylic acids is 1. The topological polar surface area (TPSA) is 65.2 Å². The summed E-state index contributed by atoms with van der Waals surface area (Å²) >= 11 is 0. The maximum atomic E-state index is 11.1. The molecule has 0 aliphatic carbocycles. The fourth-order valence-corrected chi connectivity index (χ4v) is 1.10. The van der Waals surface area contributed by atoms with E-state index in [1.165, 1.54) is 13.2 Å². The van der Waals surface area contributed by atoms with Gasteiger partial charge in [0.05, 0.1) is 13.4 Å². The molecule has 0 aromatic carbocycles. The van der Waals surface area contributed by atoms with Crippen LogP contribution in [0, 0.1) is 0 Å². The second kappa shape index (κ2) is 3.91. The molecular weight excluding hydrogens is 196 g/mol. The fourth-order valence-electron chi connectivity index (χ4n) is 1.10. The number of rotatable bonds is 2. The minimum absolute atomic E-state index is 0.174. The summed E-state index contributed by atoms with van der Waals surface area (Å²) in [6, 6.07) is 6.71. The van der Waals surface area contributed by atoms with Gasteiger partial charge in [-0.15, -0.1) is 10.2 Å². The lowest BCUT2D eigenvalue weighted by atomic mass is 10.3. The first kappa shape index (κ1) is 9.39. The molecule has 15 heavy (non-hydrogen) atoms. The molecule has 0 bridgehead atoms. The molecule has 5 heteroatoms. The average molecular weight is 204 g/mol. The van der Waals surface area contributed by atoms with Crippen LogP contribution in [0.15, 0.2) is 34.9 Å². The van der Waals surface area contributed by atoms with Crippen molar-refractivity contribution in [2.24, 2.45) is 0 Å². The highest BCUT2D eigenvalue weighted by Crippen LogP contribution is 2.15. The van der Waals surface area contributed by atoms with Crippen molar-refractivity contribution in [3.05, 3.63) is 36.2 Å². The zero-order chi connectivity index (χ0) is 10.7. The van der Waals surface area contributed by atoms with E-state index in [0.29, 0.717) is 11.5 Å². The summed E-state index contributed by atoms with van der Waals surface area (Å²) in [6.45, 7) is 0. The van der Waals surface area contributed by atoms with Gasteiger partial charge in [-0.1, -0.05) is 0 Å². The van der Waals surface area contributed by atoms with Crippen molar-refractivity contribution < 1.29 is 13.9 Å². The van der Waals surface area contributed by atoms with Gasteiger partial charge in [0.25, 0.3) is 0 Å². The SMILES string of the molecule is COC(=O)c1ccc(-c2ccco2)nn1. The first-order valence-electron chi connectivity index (χ1n) is 4.27. The van der Waals surface area contributed by atoms with Crippen LogP contribution in [0.4, 0.5) is 0 Å². The van der Waals surface area contributed by atoms with Crippen LogP contribution < -0.4 is 0 Å². The van der Waals surface area contributed by atoms with Crippen LogP contribution in [-0.2, 0) is 4.74 Å². The van der Waals surface area contributed by atoms with Gasteiger partial charge >= 0.3 is 5.97 Å². The molecule has 0 radical (unpaired) electrons. The predicted octanol–water partition coefficient (Wildman–Crippen LogP) is 1.52. The van der Waals surface area contributed by atoms with Crippen LogP contribution in [0.2, 0.25) is 0 Å². The van der Waals surface area contributed by atoms with E-state index in [1.54, 1.807) is 24.5 Å². The largest absolute Gasteiger partial charge is 0.464 e. The van der Waals surface area contributed by atoms with Gasteiger partial charge in [-0.3, -0.25) is 0 Å². The molecule has 0 atom stereocenters. The van der Waals surface area contributed by atoms with Gasteiger partial charge in [0.1, 0.15) is 5.69 Å². The number of hydrogen-bond acceptors (Lipinski definition) is 5. The average Bonchev–Trinajstić information content (AvgIpc) is 2.82. The molecule has 0 saturated heterocycles. The molecule has 76 valence electrons. The second-order valence-corrected chi connectivity index (χ2v) is 2.77. The van der Waals surface area contributed by atoms with Crippen LogP contribution in [0.5, 0.6) is 0 Å². The summed E-state index contributed by atoms with van der Waals surface area (Å²) in [7, 11) is 1.30. The predicted molar refractivity (Wildman–Crippen MR) is 51.1 cm³/mol. The lowest BCUT2D eigenvalue weighted by Crippen LogP contribution is -2.05. The minimum Gasteiger partial charge on any atom is -0.464 e. The lowest BCUT2D eigenvalue weighted by molar-refractivity contribution is 0.0592. The van der Waals surface area contributed by atoms with E-state index in [4.69, 9.17) is 4.42 Å². The Morgan fingerprint density at radius 3 is 2.73 bits per heavy atom. The Hall–Kier alpha value is -2.17. The standard InChI is InChI=1S/C10H8N2O3/c1-14-10(13)8-5-4-7(11-12-8)9-3-2-6-15-9/h2-6H,1H3. The molecule has 0 amide bonds. The number of furan rings is 1. The number of carbonyl (C=O) groups is 1. The summed E-state index contributed by atoms with van der Waals surface area (Å²) in [5.74, 6) is 0.104. The Bertz CT molecular complexity index is 448. The molecule has 0 unspecified atom stereocenters. The van der Waals surface area contributed by atoms with Crippen molar-refractivity contribution in [1.82, 2.24) is 10.2 Å². The van der Waals surface area contributed by atoms with E-state index in [9.17, 15) is 4.79 Å². The molecule has 2 aromatic heterocycles. The molecule has 0 fully saturated rings. The summed E-state index contributed by atoms with van der Waals surface area (Å²) in [5.41, 5.74) is 0.750. The molecule has 2 heterocycles. The number of ether oxygens (including phenoxy) is 1. The highest BCUT2D eigenvalue weighted by Gasteiger charge is 2.09. The van der Waals surface area contributed by atoms with E-state index < -0.39 is 5.97 Å². The van der Waals surface area contributed by atoms with E-state index in [2.05, 4.69) is 14.9 Å². The van der Waals surface area contributed by atoms with Crippen LogP contribution in [0.1, 0.15) is 10.5 Å². The number of nitrogens with zero attached hydrogens (tertiary/aromatic N) is 2. The van der Waals surface area contributed by atoms with Gasteiger partial charge < -0.3 is 9.15 Å². The third-order valence-electron chi connectivity index (χ3n) is 1.83. The molecule has 2 rings (SSSR count). The maximum absolute atomic E-state index is 11.1. The third kappa shape index (κ3) is 1.85. The number of hydrogen-bond donors (Lipinski definition) is 0. The van der Waals surface area contributed by atoms with Crippen molar-refractivity contribution in [3.8, 4) is 11.5 Å². The Morgan fingerprint density at radius 1 is 1.33 bits per heavy atom. The normalized spacial score (nSPS) is 9.93. The lowest BCUT2D eigenvalue weighted by Gasteiger charge is -1.97. The van der Waals surface area contributed by atoms with Crippen molar-refractivity contribution in [2.75, 3.05) is 7.11 Å². The first-order chi connectivity index (χ1) is 7.31. The molecule has 2 aromatic rings. The molecular formula is C10H8N2O3. The van der Waals surface area contributed by atoms with E-state index in [1.807, 2.05) is 0 Å². The maximum Gasteiger partial charge on any atom is 0.358 e. The van der Waals surface area contributed by atoms with Crippen LogP contribution in [0.25, 0.3) is 11.5 Å². The highest BCUT2D eigenvalue weighted by molar-refractivity contribution is 5.87. The van der Waals surface area contributed by atoms with Gasteiger partial charge in [0.2, 0.25) is 0 Å². The molecule has 5 nitrogen and oxygen atoms in total. The molecule has 0 aliphatic rings.